The van der Waals surface area contributed by atoms with Crippen molar-refractivity contribution in [1.82, 2.24) is 5.32 Å². The van der Waals surface area contributed by atoms with Crippen LogP contribution in [-0.2, 0) is 11.0 Å². The third-order valence-electron chi connectivity index (χ3n) is 3.03. The van der Waals surface area contributed by atoms with Crippen LogP contribution in [0.4, 0.5) is 13.2 Å². The molecule has 2 rings (SSSR count). The van der Waals surface area contributed by atoms with Gasteiger partial charge < -0.3 is 5.11 Å². The number of benzene rings is 2. The summed E-state index contributed by atoms with van der Waals surface area (Å²) in [6, 6.07) is 12.5. The third-order valence-corrected chi connectivity index (χ3v) is 3.90. The molecule has 0 aromatic heterocycles. The van der Waals surface area contributed by atoms with Crippen molar-refractivity contribution in [3.05, 3.63) is 65.7 Å². The van der Waals surface area contributed by atoms with Crippen molar-refractivity contribution in [3.63, 3.8) is 0 Å². The van der Waals surface area contributed by atoms with Gasteiger partial charge in [0, 0.05) is 5.49 Å². The average molecular weight is 341 g/mol. The van der Waals surface area contributed by atoms with Gasteiger partial charge >= 0.3 is 12.1 Å². The Morgan fingerprint density at radius 2 is 1.70 bits per heavy atom. The average Bonchev–Trinajstić information content (AvgIpc) is 2.51. The Balaban J connectivity index is 2.06. The number of aliphatic carboxylic acids is 1. The van der Waals surface area contributed by atoms with E-state index in [0.717, 1.165) is 12.1 Å². The van der Waals surface area contributed by atoms with Crippen LogP contribution in [0.3, 0.4) is 0 Å². The molecule has 0 spiro atoms. The Labute approximate surface area is 134 Å². The molecule has 0 aliphatic heterocycles. The van der Waals surface area contributed by atoms with Gasteiger partial charge in [0.25, 0.3) is 0 Å². The molecular formula is C16H14F3NO2S. The van der Waals surface area contributed by atoms with Crippen LogP contribution in [0.5, 0.6) is 0 Å². The summed E-state index contributed by atoms with van der Waals surface area (Å²) in [5, 5.41) is 12.0. The van der Waals surface area contributed by atoms with Gasteiger partial charge in [-0.25, -0.2) is 0 Å². The Hall–Kier alpha value is -2.12. The number of thiol groups is 1. The van der Waals surface area contributed by atoms with E-state index in [9.17, 15) is 23.1 Å². The molecule has 0 amide bonds. The Morgan fingerprint density at radius 3 is 2.22 bits per heavy atom. The van der Waals surface area contributed by atoms with Gasteiger partial charge in [0.05, 0.1) is 5.56 Å². The molecule has 0 aliphatic carbocycles. The van der Waals surface area contributed by atoms with Crippen molar-refractivity contribution in [2.24, 2.45) is 0 Å². The minimum atomic E-state index is -4.36. The molecule has 0 saturated carbocycles. The zero-order chi connectivity index (χ0) is 16.9. The largest absolute Gasteiger partial charge is 0.480 e. The van der Waals surface area contributed by atoms with Gasteiger partial charge in [0.1, 0.15) is 6.04 Å². The number of halogens is 3. The highest BCUT2D eigenvalue weighted by atomic mass is 32.1. The molecule has 2 N–H and O–H groups in total. The maximum Gasteiger partial charge on any atom is 0.416 e. The summed E-state index contributed by atoms with van der Waals surface area (Å²) < 4.78 is 37.4. The monoisotopic (exact) mass is 341 g/mol. The second-order valence-electron chi connectivity index (χ2n) is 4.65. The first-order chi connectivity index (χ1) is 10.9. The molecule has 3 nitrogen and oxygen atoms in total. The van der Waals surface area contributed by atoms with Crippen molar-refractivity contribution in [3.8, 4) is 0 Å². The van der Waals surface area contributed by atoms with Crippen LogP contribution in [0.25, 0.3) is 0 Å². The molecule has 2 aromatic carbocycles. The van der Waals surface area contributed by atoms with Gasteiger partial charge in [-0.2, -0.15) is 24.5 Å². The first kappa shape index (κ1) is 17.2. The fourth-order valence-electron chi connectivity index (χ4n) is 1.88. The van der Waals surface area contributed by atoms with E-state index in [1.807, 2.05) is 0 Å². The molecule has 0 bridgehead atoms. The van der Waals surface area contributed by atoms with Crippen LogP contribution >= 0.6 is 11.4 Å². The summed E-state index contributed by atoms with van der Waals surface area (Å²) in [5.74, 6) is -1.03. The van der Waals surface area contributed by atoms with Gasteiger partial charge in [-0.15, -0.1) is 0 Å². The highest BCUT2D eigenvalue weighted by Crippen LogP contribution is 2.29. The Morgan fingerprint density at radius 1 is 1.09 bits per heavy atom. The summed E-state index contributed by atoms with van der Waals surface area (Å²) in [6.07, 6.45) is -4.36. The molecule has 0 saturated heterocycles. The predicted molar refractivity (Wildman–Crippen MR) is 84.7 cm³/mol. The van der Waals surface area contributed by atoms with Gasteiger partial charge in [0.15, 0.2) is 0 Å². The number of hydrogen-bond donors (Lipinski definition) is 3. The first-order valence-corrected chi connectivity index (χ1v) is 7.58. The topological polar surface area (TPSA) is 49.3 Å². The summed E-state index contributed by atoms with van der Waals surface area (Å²) >= 11 is 0.581. The fourth-order valence-corrected chi connectivity index (χ4v) is 2.57. The van der Waals surface area contributed by atoms with Crippen LogP contribution in [0.2, 0.25) is 0 Å². The lowest BCUT2D eigenvalue weighted by atomic mass is 10.1. The maximum absolute atomic E-state index is 12.5. The highest BCUT2D eigenvalue weighted by Gasteiger charge is 2.29. The number of alkyl halides is 3. The smallest absolute Gasteiger partial charge is 0.416 e. The summed E-state index contributed by atoms with van der Waals surface area (Å²) in [4.78, 5) is 11.9. The van der Waals surface area contributed by atoms with Crippen molar-refractivity contribution in [1.29, 1.82) is 0 Å². The minimum Gasteiger partial charge on any atom is -0.480 e. The van der Waals surface area contributed by atoms with E-state index in [0.29, 0.717) is 21.8 Å². The maximum atomic E-state index is 12.5. The van der Waals surface area contributed by atoms with E-state index in [1.165, 1.54) is 17.6 Å². The lowest BCUT2D eigenvalue weighted by molar-refractivity contribution is -0.139. The Bertz CT molecular complexity index is 685. The number of carbonyl (C=O) groups is 1. The summed E-state index contributed by atoms with van der Waals surface area (Å²) in [5.41, 5.74) is 1.39. The standard InChI is InChI=1S/C16H14F3NO2S/c17-16(18,19)12-6-8-13(9-7-12)23-10-20-14(15(21)22)11-4-2-1-3-5-11/h1-10,14,20,23H,(H,21,22). The summed E-state index contributed by atoms with van der Waals surface area (Å²) in [7, 11) is 0. The van der Waals surface area contributed by atoms with Crippen molar-refractivity contribution < 1.29 is 23.1 Å². The first-order valence-electron chi connectivity index (χ1n) is 6.61. The molecule has 1 atom stereocenters. The molecule has 1 unspecified atom stereocenters. The van der Waals surface area contributed by atoms with Crippen molar-refractivity contribution in [2.75, 3.05) is 0 Å². The molecule has 23 heavy (non-hydrogen) atoms. The van der Waals surface area contributed by atoms with Gasteiger partial charge in [-0.05, 0) is 34.7 Å². The van der Waals surface area contributed by atoms with Crippen LogP contribution in [0, 0.1) is 0 Å². The normalized spacial score (nSPS) is 13.5. The minimum absolute atomic E-state index is 0.581. The SMILES string of the molecule is O=C(O)C(NC=[SH]c1ccc(C(F)(F)F)cc1)c1ccccc1. The van der Waals surface area contributed by atoms with E-state index < -0.39 is 23.8 Å². The second kappa shape index (κ2) is 7.43. The number of rotatable bonds is 5. The van der Waals surface area contributed by atoms with E-state index in [1.54, 1.807) is 30.3 Å². The molecule has 0 aliphatic rings. The van der Waals surface area contributed by atoms with Gasteiger partial charge in [0.2, 0.25) is 0 Å². The second-order valence-corrected chi connectivity index (χ2v) is 5.68. The zero-order valence-corrected chi connectivity index (χ0v) is 12.7. The van der Waals surface area contributed by atoms with Crippen LogP contribution in [0.1, 0.15) is 17.2 Å². The van der Waals surface area contributed by atoms with E-state index in [2.05, 4.69) is 5.32 Å². The number of carboxylic acids is 1. The van der Waals surface area contributed by atoms with Crippen LogP contribution in [-0.4, -0.2) is 16.6 Å². The van der Waals surface area contributed by atoms with E-state index in [-0.39, 0.29) is 0 Å². The van der Waals surface area contributed by atoms with Crippen molar-refractivity contribution in [2.45, 2.75) is 17.1 Å². The highest BCUT2D eigenvalue weighted by molar-refractivity contribution is 7.97. The van der Waals surface area contributed by atoms with Crippen LogP contribution in [0.15, 0.2) is 59.5 Å². The molecule has 0 heterocycles. The molecule has 2 aromatic rings. The van der Waals surface area contributed by atoms with Crippen molar-refractivity contribution >= 4 is 22.8 Å². The Kier molecular flexibility index (Phi) is 5.57. The summed E-state index contributed by atoms with van der Waals surface area (Å²) in [6.45, 7) is 0. The molecule has 7 heteroatoms. The van der Waals surface area contributed by atoms with Gasteiger partial charge in [-0.3, -0.25) is 10.1 Å². The quantitative estimate of drug-likeness (QED) is 0.574. The molecule has 0 radical (unpaired) electrons. The predicted octanol–water partition coefficient (Wildman–Crippen LogP) is 3.71. The van der Waals surface area contributed by atoms with Gasteiger partial charge in [-0.1, -0.05) is 30.3 Å². The fraction of sp³-hybridized carbons (Fsp3) is 0.125. The number of hydrogen-bond acceptors (Lipinski definition) is 1. The van der Waals surface area contributed by atoms with E-state index in [4.69, 9.17) is 0 Å². The lowest BCUT2D eigenvalue weighted by Crippen LogP contribution is -2.26. The molecule has 122 valence electrons. The molecule has 0 fully saturated rings. The number of nitrogens with one attached hydrogen (secondary N) is 1. The number of carboxylic acid groups (broad SMARTS) is 1. The third kappa shape index (κ3) is 4.94. The lowest BCUT2D eigenvalue weighted by Gasteiger charge is -2.11. The zero-order valence-electron chi connectivity index (χ0n) is 11.8. The van der Waals surface area contributed by atoms with Crippen LogP contribution < -0.4 is 5.32 Å². The van der Waals surface area contributed by atoms with E-state index >= 15 is 0 Å². The molecular weight excluding hydrogens is 327 g/mol.